The van der Waals surface area contributed by atoms with Gasteiger partial charge in [0.15, 0.2) is 5.58 Å². The maximum Gasteiger partial charge on any atom is 0.227 e. The SMILES string of the molecule is COc1cc(-c2nc3ccccc3o2)ccc1Cn1ccnc1. The van der Waals surface area contributed by atoms with Gasteiger partial charge < -0.3 is 13.7 Å². The number of oxazole rings is 1. The van der Waals surface area contributed by atoms with Gasteiger partial charge in [0, 0.05) is 23.5 Å². The number of para-hydroxylation sites is 2. The summed E-state index contributed by atoms with van der Waals surface area (Å²) in [6.45, 7) is 0.705. The lowest BCUT2D eigenvalue weighted by molar-refractivity contribution is 0.408. The monoisotopic (exact) mass is 305 g/mol. The van der Waals surface area contributed by atoms with Crippen LogP contribution in [0.25, 0.3) is 22.6 Å². The van der Waals surface area contributed by atoms with Crippen LogP contribution in [0.15, 0.2) is 65.6 Å². The van der Waals surface area contributed by atoms with Crippen LogP contribution >= 0.6 is 0 Å². The minimum atomic E-state index is 0.596. The lowest BCUT2D eigenvalue weighted by Gasteiger charge is -2.10. The Labute approximate surface area is 133 Å². The Morgan fingerprint density at radius 2 is 2.09 bits per heavy atom. The van der Waals surface area contributed by atoms with Gasteiger partial charge in [-0.05, 0) is 24.3 Å². The average molecular weight is 305 g/mol. The number of benzene rings is 2. The van der Waals surface area contributed by atoms with Crippen molar-refractivity contribution < 1.29 is 9.15 Å². The number of fused-ring (bicyclic) bond motifs is 1. The third-order valence-corrected chi connectivity index (χ3v) is 3.74. The summed E-state index contributed by atoms with van der Waals surface area (Å²) in [6, 6.07) is 13.7. The number of imidazole rings is 1. The van der Waals surface area contributed by atoms with Crippen molar-refractivity contribution in [3.63, 3.8) is 0 Å². The number of hydrogen-bond acceptors (Lipinski definition) is 4. The Hall–Kier alpha value is -3.08. The Morgan fingerprint density at radius 3 is 2.87 bits per heavy atom. The van der Waals surface area contributed by atoms with E-state index < -0.39 is 0 Å². The fourth-order valence-corrected chi connectivity index (χ4v) is 2.58. The minimum absolute atomic E-state index is 0.596. The minimum Gasteiger partial charge on any atom is -0.496 e. The zero-order valence-corrected chi connectivity index (χ0v) is 12.6. The summed E-state index contributed by atoms with van der Waals surface area (Å²) in [6.07, 6.45) is 5.47. The molecular weight excluding hydrogens is 290 g/mol. The molecule has 2 heterocycles. The van der Waals surface area contributed by atoms with Gasteiger partial charge in [0.1, 0.15) is 11.3 Å². The van der Waals surface area contributed by atoms with E-state index in [0.717, 1.165) is 28.0 Å². The number of aromatic nitrogens is 3. The first-order valence-electron chi connectivity index (χ1n) is 7.32. The molecule has 2 aromatic carbocycles. The van der Waals surface area contributed by atoms with Crippen molar-refractivity contribution in [1.29, 1.82) is 0 Å². The molecule has 0 spiro atoms. The highest BCUT2D eigenvalue weighted by Crippen LogP contribution is 2.29. The normalized spacial score (nSPS) is 11.0. The Kier molecular flexibility index (Phi) is 3.31. The molecule has 5 nitrogen and oxygen atoms in total. The Morgan fingerprint density at radius 1 is 1.17 bits per heavy atom. The van der Waals surface area contributed by atoms with E-state index in [-0.39, 0.29) is 0 Å². The van der Waals surface area contributed by atoms with Crippen molar-refractivity contribution in [1.82, 2.24) is 14.5 Å². The summed E-state index contributed by atoms with van der Waals surface area (Å²) in [7, 11) is 1.67. The molecule has 114 valence electrons. The van der Waals surface area contributed by atoms with Crippen LogP contribution in [0.1, 0.15) is 5.56 Å². The molecule has 2 aromatic heterocycles. The van der Waals surface area contributed by atoms with Crippen LogP contribution in [0.3, 0.4) is 0 Å². The van der Waals surface area contributed by atoms with Gasteiger partial charge in [-0.15, -0.1) is 0 Å². The van der Waals surface area contributed by atoms with Crippen LogP contribution in [0.2, 0.25) is 0 Å². The Balaban J connectivity index is 1.72. The van der Waals surface area contributed by atoms with E-state index >= 15 is 0 Å². The number of methoxy groups -OCH3 is 1. The maximum atomic E-state index is 5.82. The van der Waals surface area contributed by atoms with Crippen molar-refractivity contribution in [2.45, 2.75) is 6.54 Å². The Bertz CT molecular complexity index is 909. The molecule has 0 aliphatic heterocycles. The molecule has 0 radical (unpaired) electrons. The van der Waals surface area contributed by atoms with E-state index in [4.69, 9.17) is 9.15 Å². The summed E-state index contributed by atoms with van der Waals surface area (Å²) in [5, 5.41) is 0. The van der Waals surface area contributed by atoms with Crippen molar-refractivity contribution in [3.05, 3.63) is 66.7 Å². The second kappa shape index (κ2) is 5.61. The predicted molar refractivity (Wildman–Crippen MR) is 87.3 cm³/mol. The topological polar surface area (TPSA) is 53.1 Å². The van der Waals surface area contributed by atoms with Crippen molar-refractivity contribution in [2.75, 3.05) is 7.11 Å². The van der Waals surface area contributed by atoms with Gasteiger partial charge in [-0.2, -0.15) is 0 Å². The van der Waals surface area contributed by atoms with Crippen LogP contribution in [0, 0.1) is 0 Å². The largest absolute Gasteiger partial charge is 0.496 e. The van der Waals surface area contributed by atoms with Gasteiger partial charge in [0.2, 0.25) is 5.89 Å². The zero-order valence-electron chi connectivity index (χ0n) is 12.6. The van der Waals surface area contributed by atoms with Gasteiger partial charge in [-0.1, -0.05) is 18.2 Å². The molecule has 0 saturated carbocycles. The number of ether oxygens (including phenoxy) is 1. The maximum absolute atomic E-state index is 5.82. The van der Waals surface area contributed by atoms with Crippen molar-refractivity contribution in [2.24, 2.45) is 0 Å². The first kappa shape index (κ1) is 13.6. The lowest BCUT2D eigenvalue weighted by Crippen LogP contribution is -1.99. The molecule has 0 saturated heterocycles. The van der Waals surface area contributed by atoms with Crippen LogP contribution in [0.4, 0.5) is 0 Å². The van der Waals surface area contributed by atoms with Gasteiger partial charge in [-0.3, -0.25) is 0 Å². The van der Waals surface area contributed by atoms with Gasteiger partial charge in [0.25, 0.3) is 0 Å². The fourth-order valence-electron chi connectivity index (χ4n) is 2.58. The molecule has 0 unspecified atom stereocenters. The molecule has 0 bridgehead atoms. The van der Waals surface area contributed by atoms with E-state index in [9.17, 15) is 0 Å². The van der Waals surface area contributed by atoms with Gasteiger partial charge >= 0.3 is 0 Å². The smallest absolute Gasteiger partial charge is 0.227 e. The van der Waals surface area contributed by atoms with Crippen LogP contribution in [-0.4, -0.2) is 21.6 Å². The average Bonchev–Trinajstić information content (AvgIpc) is 3.24. The van der Waals surface area contributed by atoms with E-state index in [2.05, 4.69) is 9.97 Å². The van der Waals surface area contributed by atoms with E-state index in [1.165, 1.54) is 0 Å². The second-order valence-corrected chi connectivity index (χ2v) is 5.25. The lowest BCUT2D eigenvalue weighted by atomic mass is 10.1. The molecule has 0 amide bonds. The van der Waals surface area contributed by atoms with Gasteiger partial charge in [0.05, 0.1) is 20.0 Å². The second-order valence-electron chi connectivity index (χ2n) is 5.25. The molecule has 0 atom stereocenters. The van der Waals surface area contributed by atoms with Crippen molar-refractivity contribution in [3.8, 4) is 17.2 Å². The summed E-state index contributed by atoms with van der Waals surface area (Å²) < 4.78 is 13.3. The first-order chi connectivity index (χ1) is 11.3. The van der Waals surface area contributed by atoms with Crippen LogP contribution in [0.5, 0.6) is 5.75 Å². The molecule has 0 aliphatic rings. The molecule has 4 rings (SSSR count). The first-order valence-corrected chi connectivity index (χ1v) is 7.32. The highest BCUT2D eigenvalue weighted by molar-refractivity contribution is 5.76. The third kappa shape index (κ3) is 2.57. The van der Waals surface area contributed by atoms with Crippen molar-refractivity contribution >= 4 is 11.1 Å². The molecule has 0 aliphatic carbocycles. The summed E-state index contributed by atoms with van der Waals surface area (Å²) in [5.74, 6) is 1.40. The highest BCUT2D eigenvalue weighted by atomic mass is 16.5. The molecular formula is C18H15N3O2. The quantitative estimate of drug-likeness (QED) is 0.576. The number of nitrogens with zero attached hydrogens (tertiary/aromatic N) is 3. The number of rotatable bonds is 4. The third-order valence-electron chi connectivity index (χ3n) is 3.74. The molecule has 0 N–H and O–H groups in total. The predicted octanol–water partition coefficient (Wildman–Crippen LogP) is 3.75. The summed E-state index contributed by atoms with van der Waals surface area (Å²) >= 11 is 0. The number of hydrogen-bond donors (Lipinski definition) is 0. The highest BCUT2D eigenvalue weighted by Gasteiger charge is 2.11. The van der Waals surface area contributed by atoms with Crippen LogP contribution < -0.4 is 4.74 Å². The summed E-state index contributed by atoms with van der Waals surface area (Å²) in [5.41, 5.74) is 3.60. The fraction of sp³-hybridized carbons (Fsp3) is 0.111. The molecule has 4 aromatic rings. The zero-order chi connectivity index (χ0) is 15.6. The van der Waals surface area contributed by atoms with E-state index in [1.807, 2.05) is 53.2 Å². The summed E-state index contributed by atoms with van der Waals surface area (Å²) in [4.78, 5) is 8.59. The molecule has 0 fully saturated rings. The molecule has 5 heteroatoms. The standard InChI is InChI=1S/C18H15N3O2/c1-22-17-10-13(6-7-14(17)11-21-9-8-19-12-21)18-20-15-4-2-3-5-16(15)23-18/h2-10,12H,11H2,1H3. The van der Waals surface area contributed by atoms with Gasteiger partial charge in [-0.25, -0.2) is 9.97 Å². The van der Waals surface area contributed by atoms with E-state index in [1.54, 1.807) is 19.6 Å². The van der Waals surface area contributed by atoms with Crippen LogP contribution in [-0.2, 0) is 6.54 Å². The van der Waals surface area contributed by atoms with E-state index in [0.29, 0.717) is 12.4 Å². The molecule has 23 heavy (non-hydrogen) atoms.